The average Bonchev–Trinajstić information content (AvgIpc) is 2.74. The number of rotatable bonds is 5. The van der Waals surface area contributed by atoms with Crippen molar-refractivity contribution in [3.63, 3.8) is 0 Å². The number of benzene rings is 1. The Balaban J connectivity index is 2.04. The highest BCUT2D eigenvalue weighted by molar-refractivity contribution is 6.11. The molecule has 0 bridgehead atoms. The van der Waals surface area contributed by atoms with Gasteiger partial charge in [0.1, 0.15) is 23.7 Å². The minimum Gasteiger partial charge on any atom is -0.303 e. The fraction of sp³-hybridized carbons (Fsp3) is 0.471. The standard InChI is InChI=1S/C17H19FO3/c1-17(2,10-19)14-9-15(20)13(16(14)21)8-5-11-3-6-12(18)7-4-11/h3-4,6-7,10,13-14H,5,8-9H2,1-2H3/t13?,14-/m0/s1. The van der Waals surface area contributed by atoms with Gasteiger partial charge < -0.3 is 4.79 Å². The number of carbonyl (C=O) groups is 3. The van der Waals surface area contributed by atoms with Gasteiger partial charge in [0, 0.05) is 17.8 Å². The largest absolute Gasteiger partial charge is 0.303 e. The van der Waals surface area contributed by atoms with Gasteiger partial charge in [-0.3, -0.25) is 9.59 Å². The molecule has 21 heavy (non-hydrogen) atoms. The molecular weight excluding hydrogens is 271 g/mol. The first-order chi connectivity index (χ1) is 9.85. The van der Waals surface area contributed by atoms with Crippen molar-refractivity contribution in [2.45, 2.75) is 33.1 Å². The number of aryl methyl sites for hydroxylation is 1. The molecule has 112 valence electrons. The summed E-state index contributed by atoms with van der Waals surface area (Å²) in [4.78, 5) is 35.5. The van der Waals surface area contributed by atoms with E-state index in [4.69, 9.17) is 0 Å². The molecule has 1 unspecified atom stereocenters. The summed E-state index contributed by atoms with van der Waals surface area (Å²) >= 11 is 0. The van der Waals surface area contributed by atoms with Crippen LogP contribution < -0.4 is 0 Å². The quantitative estimate of drug-likeness (QED) is 0.619. The normalized spacial score (nSPS) is 22.6. The fourth-order valence-electron chi connectivity index (χ4n) is 2.82. The number of hydrogen-bond acceptors (Lipinski definition) is 3. The van der Waals surface area contributed by atoms with Crippen LogP contribution in [0, 0.1) is 23.1 Å². The summed E-state index contributed by atoms with van der Waals surface area (Å²) in [6.45, 7) is 3.39. The maximum Gasteiger partial charge on any atom is 0.147 e. The molecule has 0 spiro atoms. The zero-order valence-electron chi connectivity index (χ0n) is 12.3. The Hall–Kier alpha value is -1.84. The number of carbonyl (C=O) groups excluding carboxylic acids is 3. The van der Waals surface area contributed by atoms with E-state index in [9.17, 15) is 18.8 Å². The Morgan fingerprint density at radius 2 is 1.86 bits per heavy atom. The Morgan fingerprint density at radius 1 is 1.24 bits per heavy atom. The summed E-state index contributed by atoms with van der Waals surface area (Å²) in [5, 5.41) is 0. The van der Waals surface area contributed by atoms with Gasteiger partial charge in [-0.1, -0.05) is 26.0 Å². The monoisotopic (exact) mass is 290 g/mol. The van der Waals surface area contributed by atoms with Crippen molar-refractivity contribution >= 4 is 17.9 Å². The molecule has 0 amide bonds. The molecule has 1 aromatic rings. The lowest BCUT2D eigenvalue weighted by Crippen LogP contribution is -2.30. The molecule has 0 N–H and O–H groups in total. The molecule has 1 aliphatic rings. The molecule has 0 aliphatic heterocycles. The zero-order valence-corrected chi connectivity index (χ0v) is 12.3. The van der Waals surface area contributed by atoms with Gasteiger partial charge in [-0.25, -0.2) is 4.39 Å². The van der Waals surface area contributed by atoms with Crippen LogP contribution in [-0.4, -0.2) is 17.9 Å². The molecule has 3 nitrogen and oxygen atoms in total. The van der Waals surface area contributed by atoms with Gasteiger partial charge in [-0.15, -0.1) is 0 Å². The second kappa shape index (κ2) is 5.88. The molecule has 1 fully saturated rings. The molecule has 4 heteroatoms. The lowest BCUT2D eigenvalue weighted by atomic mass is 9.78. The third-order valence-corrected chi connectivity index (χ3v) is 4.32. The lowest BCUT2D eigenvalue weighted by Gasteiger charge is -2.23. The van der Waals surface area contributed by atoms with Gasteiger partial charge in [0.2, 0.25) is 0 Å². The van der Waals surface area contributed by atoms with E-state index in [2.05, 4.69) is 0 Å². The molecule has 0 aromatic heterocycles. The summed E-state index contributed by atoms with van der Waals surface area (Å²) in [5.41, 5.74) is 0.104. The number of hydrogen-bond donors (Lipinski definition) is 0. The highest BCUT2D eigenvalue weighted by atomic mass is 19.1. The zero-order chi connectivity index (χ0) is 15.6. The maximum absolute atomic E-state index is 12.8. The van der Waals surface area contributed by atoms with Gasteiger partial charge >= 0.3 is 0 Å². The van der Waals surface area contributed by atoms with Crippen LogP contribution in [0.25, 0.3) is 0 Å². The number of aldehydes is 1. The van der Waals surface area contributed by atoms with Crippen molar-refractivity contribution in [2.75, 3.05) is 0 Å². The molecule has 2 atom stereocenters. The topological polar surface area (TPSA) is 51.2 Å². The first-order valence-electron chi connectivity index (χ1n) is 7.12. The average molecular weight is 290 g/mol. The van der Waals surface area contributed by atoms with Gasteiger partial charge in [-0.2, -0.15) is 0 Å². The third-order valence-electron chi connectivity index (χ3n) is 4.32. The van der Waals surface area contributed by atoms with E-state index in [1.807, 2.05) is 0 Å². The van der Waals surface area contributed by atoms with Crippen LogP contribution in [0.1, 0.15) is 32.3 Å². The molecule has 2 rings (SSSR count). The van der Waals surface area contributed by atoms with E-state index >= 15 is 0 Å². The number of Topliss-reactive ketones (excluding diaryl/α,β-unsaturated/α-hetero) is 2. The third kappa shape index (κ3) is 3.26. The second-order valence-electron chi connectivity index (χ2n) is 6.28. The summed E-state index contributed by atoms with van der Waals surface area (Å²) in [6, 6.07) is 6.05. The van der Waals surface area contributed by atoms with Gasteiger partial charge in [-0.05, 0) is 30.5 Å². The highest BCUT2D eigenvalue weighted by Gasteiger charge is 2.47. The predicted molar refractivity (Wildman–Crippen MR) is 76.2 cm³/mol. The van der Waals surface area contributed by atoms with Crippen LogP contribution in [0.3, 0.4) is 0 Å². The minimum absolute atomic E-state index is 0.0814. The van der Waals surface area contributed by atoms with Crippen molar-refractivity contribution in [2.24, 2.45) is 17.3 Å². The van der Waals surface area contributed by atoms with Crippen LogP contribution in [0.2, 0.25) is 0 Å². The van der Waals surface area contributed by atoms with Crippen molar-refractivity contribution < 1.29 is 18.8 Å². The first kappa shape index (κ1) is 15.5. The Bertz CT molecular complexity index is 560. The smallest absolute Gasteiger partial charge is 0.147 e. The van der Waals surface area contributed by atoms with Crippen molar-refractivity contribution in [1.29, 1.82) is 0 Å². The second-order valence-corrected chi connectivity index (χ2v) is 6.28. The van der Waals surface area contributed by atoms with E-state index in [0.717, 1.165) is 11.8 Å². The van der Waals surface area contributed by atoms with E-state index in [-0.39, 0.29) is 23.8 Å². The van der Waals surface area contributed by atoms with Crippen molar-refractivity contribution in [3.05, 3.63) is 35.6 Å². The van der Waals surface area contributed by atoms with E-state index in [1.54, 1.807) is 26.0 Å². The Morgan fingerprint density at radius 3 is 2.43 bits per heavy atom. The highest BCUT2D eigenvalue weighted by Crippen LogP contribution is 2.38. The molecule has 0 heterocycles. The van der Waals surface area contributed by atoms with Crippen LogP contribution in [0.15, 0.2) is 24.3 Å². The van der Waals surface area contributed by atoms with Crippen LogP contribution in [-0.2, 0) is 20.8 Å². The fourth-order valence-corrected chi connectivity index (χ4v) is 2.82. The minimum atomic E-state index is -0.794. The van der Waals surface area contributed by atoms with Crippen LogP contribution in [0.5, 0.6) is 0 Å². The summed E-state index contributed by atoms with van der Waals surface area (Å²) < 4.78 is 12.8. The molecule has 1 saturated carbocycles. The van der Waals surface area contributed by atoms with E-state index in [0.29, 0.717) is 12.8 Å². The predicted octanol–water partition coefficient (Wildman–Crippen LogP) is 2.76. The summed E-state index contributed by atoms with van der Waals surface area (Å²) in [5.74, 6) is -1.65. The Labute approximate surface area is 123 Å². The molecule has 1 aromatic carbocycles. The molecule has 1 aliphatic carbocycles. The lowest BCUT2D eigenvalue weighted by molar-refractivity contribution is -0.132. The van der Waals surface area contributed by atoms with Gasteiger partial charge in [0.25, 0.3) is 0 Å². The first-order valence-corrected chi connectivity index (χ1v) is 7.12. The summed E-state index contributed by atoms with van der Waals surface area (Å²) in [6.07, 6.45) is 1.88. The maximum atomic E-state index is 12.8. The van der Waals surface area contributed by atoms with E-state index in [1.165, 1.54) is 12.1 Å². The SMILES string of the molecule is CC(C)(C=O)[C@H]1CC(=O)C(CCc2ccc(F)cc2)C1=O. The number of ketones is 2. The van der Waals surface area contributed by atoms with E-state index < -0.39 is 17.3 Å². The van der Waals surface area contributed by atoms with Gasteiger partial charge in [0.05, 0.1) is 5.92 Å². The number of halogens is 1. The van der Waals surface area contributed by atoms with Gasteiger partial charge in [0.15, 0.2) is 0 Å². The van der Waals surface area contributed by atoms with Crippen LogP contribution in [0.4, 0.5) is 4.39 Å². The Kier molecular flexibility index (Phi) is 4.35. The molecular formula is C17H19FO3. The van der Waals surface area contributed by atoms with Crippen molar-refractivity contribution in [3.8, 4) is 0 Å². The van der Waals surface area contributed by atoms with Crippen molar-refractivity contribution in [1.82, 2.24) is 0 Å². The van der Waals surface area contributed by atoms with Crippen LogP contribution >= 0.6 is 0 Å². The molecule has 0 radical (unpaired) electrons. The molecule has 0 saturated heterocycles. The summed E-state index contributed by atoms with van der Waals surface area (Å²) in [7, 11) is 0.